The Kier molecular flexibility index (Phi) is 11.9. The van der Waals surface area contributed by atoms with E-state index in [9.17, 15) is 0 Å². The second-order valence-electron chi connectivity index (χ2n) is 16.8. The first kappa shape index (κ1) is 38.8. The van der Waals surface area contributed by atoms with Crippen LogP contribution in [0.15, 0.2) is 72.8 Å². The van der Waals surface area contributed by atoms with Crippen molar-refractivity contribution in [3.63, 3.8) is 0 Å². The quantitative estimate of drug-likeness (QED) is 0.0744. The van der Waals surface area contributed by atoms with E-state index < -0.39 is 16.1 Å². The summed E-state index contributed by atoms with van der Waals surface area (Å²) in [6.45, 7) is 23.5. The third-order valence-corrected chi connectivity index (χ3v) is 12.8. The topological polar surface area (TPSA) is 0 Å². The molecule has 0 aliphatic heterocycles. The maximum absolute atomic E-state index is 3.81. The molecule has 0 saturated carbocycles. The second kappa shape index (κ2) is 16.2. The van der Waals surface area contributed by atoms with Gasteiger partial charge in [-0.1, -0.05) is 165 Å². The van der Waals surface area contributed by atoms with Crippen LogP contribution in [0.4, 0.5) is 0 Å². The minimum atomic E-state index is -1.67. The van der Waals surface area contributed by atoms with Gasteiger partial charge in [0, 0.05) is 10.8 Å². The molecule has 0 aliphatic rings. The molecule has 0 saturated heterocycles. The Morgan fingerprint density at radius 2 is 0.792 bits per heavy atom. The Bertz CT molecular complexity index is 2230. The van der Waals surface area contributed by atoms with Crippen LogP contribution in [0.2, 0.25) is 39.3 Å². The highest BCUT2D eigenvalue weighted by atomic mass is 32.1. The SMILES string of the molecule is CCCc1c(CCC)c(CCC)c2cc3c(-c4ccccc4)c4c(C#C[Si](C)(C)C)sc(C#C[Si](C)(C)C)c4c(-c4ccccc4)c3cc2c1CCC. The minimum Gasteiger partial charge on any atom is -0.126 e. The fourth-order valence-electron chi connectivity index (χ4n) is 8.03. The second-order valence-corrected chi connectivity index (χ2v) is 27.4. The highest BCUT2D eigenvalue weighted by Gasteiger charge is 2.26. The van der Waals surface area contributed by atoms with Crippen LogP contribution in [0.25, 0.3) is 54.6 Å². The smallest absolute Gasteiger partial charge is 0.126 e. The number of thiophene rings is 1. The van der Waals surface area contributed by atoms with E-state index in [0.717, 1.165) is 48.3 Å². The van der Waals surface area contributed by atoms with E-state index in [4.69, 9.17) is 0 Å². The summed E-state index contributed by atoms with van der Waals surface area (Å²) < 4.78 is 0. The normalized spacial score (nSPS) is 11.9. The Hall–Kier alpha value is -3.87. The first-order valence-corrected chi connectivity index (χ1v) is 27.9. The van der Waals surface area contributed by atoms with E-state index >= 15 is 0 Å². The van der Waals surface area contributed by atoms with E-state index in [0.29, 0.717) is 0 Å². The third-order valence-electron chi connectivity index (χ3n) is 10.1. The van der Waals surface area contributed by atoms with Crippen LogP contribution in [0.5, 0.6) is 0 Å². The molecule has 6 aromatic rings. The molecule has 53 heavy (non-hydrogen) atoms. The van der Waals surface area contributed by atoms with Gasteiger partial charge in [0.05, 0.1) is 9.75 Å². The zero-order valence-electron chi connectivity index (χ0n) is 34.0. The molecule has 0 fully saturated rings. The van der Waals surface area contributed by atoms with Crippen LogP contribution in [-0.4, -0.2) is 16.1 Å². The predicted octanol–water partition coefficient (Wildman–Crippen LogP) is 14.8. The number of hydrogen-bond acceptors (Lipinski definition) is 1. The molecule has 0 radical (unpaired) electrons. The Balaban J connectivity index is 1.98. The van der Waals surface area contributed by atoms with E-state index in [1.54, 1.807) is 22.3 Å². The van der Waals surface area contributed by atoms with Crippen LogP contribution in [0, 0.1) is 22.9 Å². The van der Waals surface area contributed by atoms with Gasteiger partial charge in [0.25, 0.3) is 0 Å². The summed E-state index contributed by atoms with van der Waals surface area (Å²) in [7, 11) is -3.34. The van der Waals surface area contributed by atoms with Gasteiger partial charge in [0.15, 0.2) is 0 Å². The van der Waals surface area contributed by atoms with E-state index in [2.05, 4.69) is 163 Å². The van der Waals surface area contributed by atoms with Crippen molar-refractivity contribution in [2.75, 3.05) is 0 Å². The molecule has 0 atom stereocenters. The fourth-order valence-corrected chi connectivity index (χ4v) is 10.2. The number of benzene rings is 5. The zero-order chi connectivity index (χ0) is 37.9. The van der Waals surface area contributed by atoms with Crippen molar-refractivity contribution >= 4 is 59.8 Å². The monoisotopic (exact) mass is 746 g/mol. The molecule has 0 nitrogen and oxygen atoms in total. The van der Waals surface area contributed by atoms with Gasteiger partial charge < -0.3 is 0 Å². The van der Waals surface area contributed by atoms with Crippen LogP contribution in [0.1, 0.15) is 85.4 Å². The first-order chi connectivity index (χ1) is 25.4. The lowest BCUT2D eigenvalue weighted by Gasteiger charge is -2.24. The van der Waals surface area contributed by atoms with Crippen LogP contribution in [0.3, 0.4) is 0 Å². The lowest BCUT2D eigenvalue weighted by atomic mass is 9.79. The zero-order valence-corrected chi connectivity index (χ0v) is 36.8. The van der Waals surface area contributed by atoms with Crippen molar-refractivity contribution in [1.82, 2.24) is 0 Å². The summed E-state index contributed by atoms with van der Waals surface area (Å²) in [5.41, 5.74) is 19.1. The Labute approximate surface area is 326 Å². The average molecular weight is 747 g/mol. The number of rotatable bonds is 10. The molecule has 5 aromatic carbocycles. The molecule has 3 heteroatoms. The van der Waals surface area contributed by atoms with Crippen molar-refractivity contribution in [1.29, 1.82) is 0 Å². The Morgan fingerprint density at radius 3 is 1.11 bits per heavy atom. The third kappa shape index (κ3) is 8.15. The van der Waals surface area contributed by atoms with Gasteiger partial charge >= 0.3 is 0 Å². The molecular formula is C50H58SSi2. The molecule has 0 unspecified atom stereocenters. The summed E-state index contributed by atoms with van der Waals surface area (Å²) in [6.07, 6.45) is 9.13. The number of aryl methyl sites for hydroxylation is 2. The van der Waals surface area contributed by atoms with Crippen molar-refractivity contribution in [2.45, 2.75) is 118 Å². The molecule has 6 rings (SSSR count). The standard InChI is InChI=1S/C50H58SSi2/c1-11-21-37-38(22-12-2)40(24-14-4)42-34-44-43(33-41(42)39(37)23-13-3)47(35-25-17-15-18-26-35)49-45(29-31-52(5,6)7)51-46(30-32-53(8,9)10)50(49)48(44)36-27-19-16-20-28-36/h15-20,25-28,33-34H,11-14,21-24H2,1-10H3. The van der Waals surface area contributed by atoms with Crippen molar-refractivity contribution in [3.05, 3.63) is 105 Å². The summed E-state index contributed by atoms with van der Waals surface area (Å²) in [5.74, 6) is 7.63. The fraction of sp³-hybridized carbons (Fsp3) is 0.360. The largest absolute Gasteiger partial charge is 0.129 e. The summed E-state index contributed by atoms with van der Waals surface area (Å²) in [5, 5.41) is 8.15. The predicted molar refractivity (Wildman–Crippen MR) is 244 cm³/mol. The molecule has 272 valence electrons. The lowest BCUT2D eigenvalue weighted by molar-refractivity contribution is 0.810. The van der Waals surface area contributed by atoms with E-state index in [1.807, 2.05) is 11.3 Å². The van der Waals surface area contributed by atoms with E-state index in [1.165, 1.54) is 67.4 Å². The highest BCUT2D eigenvalue weighted by Crippen LogP contribution is 2.50. The maximum atomic E-state index is 3.81. The van der Waals surface area contributed by atoms with Gasteiger partial charge in [-0.3, -0.25) is 0 Å². The van der Waals surface area contributed by atoms with Crippen LogP contribution >= 0.6 is 11.3 Å². The van der Waals surface area contributed by atoms with Crippen LogP contribution in [-0.2, 0) is 25.7 Å². The number of hydrogen-bond donors (Lipinski definition) is 0. The molecule has 1 heterocycles. The van der Waals surface area contributed by atoms with Crippen molar-refractivity contribution in [2.24, 2.45) is 0 Å². The summed E-state index contributed by atoms with van der Waals surface area (Å²) in [4.78, 5) is 2.32. The van der Waals surface area contributed by atoms with Gasteiger partial charge in [0.2, 0.25) is 0 Å². The van der Waals surface area contributed by atoms with Gasteiger partial charge in [-0.15, -0.1) is 22.4 Å². The first-order valence-electron chi connectivity index (χ1n) is 20.1. The highest BCUT2D eigenvalue weighted by molar-refractivity contribution is 7.15. The van der Waals surface area contributed by atoms with Gasteiger partial charge in [-0.05, 0) is 104 Å². The summed E-state index contributed by atoms with van der Waals surface area (Å²) in [6, 6.07) is 27.6. The van der Waals surface area contributed by atoms with E-state index in [-0.39, 0.29) is 0 Å². The Morgan fingerprint density at radius 1 is 0.453 bits per heavy atom. The molecule has 0 N–H and O–H groups in total. The maximum Gasteiger partial charge on any atom is 0.129 e. The van der Waals surface area contributed by atoms with Crippen molar-refractivity contribution < 1.29 is 0 Å². The molecule has 0 aliphatic carbocycles. The lowest BCUT2D eigenvalue weighted by Crippen LogP contribution is -2.16. The minimum absolute atomic E-state index is 1.11. The van der Waals surface area contributed by atoms with Crippen LogP contribution < -0.4 is 0 Å². The summed E-state index contributed by atoms with van der Waals surface area (Å²) >= 11 is 1.82. The van der Waals surface area contributed by atoms with Gasteiger partial charge in [0.1, 0.15) is 16.1 Å². The van der Waals surface area contributed by atoms with Gasteiger partial charge in [-0.25, -0.2) is 0 Å². The molecule has 0 bridgehead atoms. The van der Waals surface area contributed by atoms with Gasteiger partial charge in [-0.2, -0.15) is 0 Å². The molecular weight excluding hydrogens is 689 g/mol. The number of fused-ring (bicyclic) bond motifs is 3. The molecule has 0 amide bonds. The average Bonchev–Trinajstić information content (AvgIpc) is 3.49. The molecule has 1 aromatic heterocycles. The molecule has 0 spiro atoms. The van der Waals surface area contributed by atoms with Crippen molar-refractivity contribution in [3.8, 4) is 45.2 Å².